The van der Waals surface area contributed by atoms with Gasteiger partial charge in [0.15, 0.2) is 5.82 Å². The van der Waals surface area contributed by atoms with Crippen LogP contribution in [-0.4, -0.2) is 10.1 Å². The van der Waals surface area contributed by atoms with Crippen LogP contribution in [0.5, 0.6) is 0 Å². The molecule has 1 saturated carbocycles. The lowest BCUT2D eigenvalue weighted by atomic mass is 10.1. The van der Waals surface area contributed by atoms with E-state index in [1.54, 1.807) is 0 Å². The van der Waals surface area contributed by atoms with Crippen molar-refractivity contribution in [1.82, 2.24) is 10.1 Å². The van der Waals surface area contributed by atoms with Gasteiger partial charge in [-0.3, -0.25) is 0 Å². The first-order chi connectivity index (χ1) is 9.12. The highest BCUT2D eigenvalue weighted by Crippen LogP contribution is 2.57. The Morgan fingerprint density at radius 3 is 2.84 bits per heavy atom. The Balaban J connectivity index is 1.93. The molecule has 0 radical (unpaired) electrons. The predicted molar refractivity (Wildman–Crippen MR) is 70.2 cm³/mol. The van der Waals surface area contributed by atoms with Crippen molar-refractivity contribution in [1.29, 1.82) is 5.26 Å². The summed E-state index contributed by atoms with van der Waals surface area (Å²) in [6, 6.07) is 9.83. The van der Waals surface area contributed by atoms with Crippen LogP contribution in [0.15, 0.2) is 28.8 Å². The molecule has 1 fully saturated rings. The summed E-state index contributed by atoms with van der Waals surface area (Å²) in [6.45, 7) is 4.41. The van der Waals surface area contributed by atoms with Crippen LogP contribution < -0.4 is 0 Å². The minimum absolute atomic E-state index is 0.285. The Morgan fingerprint density at radius 1 is 1.42 bits per heavy atom. The van der Waals surface area contributed by atoms with Gasteiger partial charge in [0.2, 0.25) is 0 Å². The van der Waals surface area contributed by atoms with E-state index in [1.165, 1.54) is 0 Å². The Hall–Kier alpha value is -2.15. The van der Waals surface area contributed by atoms with Crippen LogP contribution in [-0.2, 0) is 6.42 Å². The summed E-state index contributed by atoms with van der Waals surface area (Å²) in [7, 11) is 0. The maximum Gasteiger partial charge on any atom is 0.258 e. The third kappa shape index (κ3) is 2.12. The lowest BCUT2D eigenvalue weighted by Crippen LogP contribution is -1.92. The highest BCUT2D eigenvalue weighted by Gasteiger charge is 2.49. The van der Waals surface area contributed by atoms with E-state index in [4.69, 9.17) is 9.78 Å². The first-order valence-corrected chi connectivity index (χ1v) is 6.40. The molecule has 4 heteroatoms. The zero-order valence-corrected chi connectivity index (χ0v) is 11.1. The summed E-state index contributed by atoms with van der Waals surface area (Å²) in [5.74, 6) is 1.70. The second-order valence-electron chi connectivity index (χ2n) is 5.70. The van der Waals surface area contributed by atoms with E-state index in [9.17, 15) is 0 Å². The van der Waals surface area contributed by atoms with Gasteiger partial charge in [-0.15, -0.1) is 0 Å². The maximum absolute atomic E-state index is 8.85. The Bertz CT molecular complexity index is 651. The van der Waals surface area contributed by atoms with Crippen molar-refractivity contribution in [2.45, 2.75) is 32.6 Å². The largest absolute Gasteiger partial charge is 0.334 e. The van der Waals surface area contributed by atoms with Crippen molar-refractivity contribution in [2.75, 3.05) is 0 Å². The molecule has 0 spiro atoms. The van der Waals surface area contributed by atoms with Gasteiger partial charge in [-0.05, 0) is 23.5 Å². The van der Waals surface area contributed by atoms with Crippen LogP contribution in [0.1, 0.15) is 37.6 Å². The van der Waals surface area contributed by atoms with Gasteiger partial charge >= 0.3 is 0 Å². The summed E-state index contributed by atoms with van der Waals surface area (Å²) < 4.78 is 5.36. The zero-order valence-electron chi connectivity index (χ0n) is 11.1. The van der Waals surface area contributed by atoms with Crippen LogP contribution in [0.2, 0.25) is 0 Å². The average molecular weight is 253 g/mol. The molecule has 1 unspecified atom stereocenters. The Kier molecular flexibility index (Phi) is 2.63. The van der Waals surface area contributed by atoms with Crippen LogP contribution in [0.25, 0.3) is 11.5 Å². The average Bonchev–Trinajstić information content (AvgIpc) is 2.84. The molecule has 0 saturated heterocycles. The molecule has 3 rings (SSSR count). The van der Waals surface area contributed by atoms with Crippen molar-refractivity contribution >= 4 is 0 Å². The standard InChI is InChI=1S/C15H15N3O/c1-15(2)9-12(15)13-17-14(19-18-13)11-6-4-3-5-10(11)7-8-16/h3-6,12H,7,9H2,1-2H3. The fourth-order valence-corrected chi connectivity index (χ4v) is 2.36. The summed E-state index contributed by atoms with van der Waals surface area (Å²) in [5.41, 5.74) is 2.07. The second kappa shape index (κ2) is 4.20. The quantitative estimate of drug-likeness (QED) is 0.841. The Morgan fingerprint density at radius 2 is 2.16 bits per heavy atom. The Labute approximate surface area is 112 Å². The van der Waals surface area contributed by atoms with Gasteiger partial charge in [-0.25, -0.2) is 0 Å². The molecular weight excluding hydrogens is 238 g/mol. The molecule has 1 atom stereocenters. The topological polar surface area (TPSA) is 62.7 Å². The van der Waals surface area contributed by atoms with E-state index in [-0.39, 0.29) is 5.41 Å². The molecule has 0 aliphatic heterocycles. The van der Waals surface area contributed by atoms with E-state index in [0.29, 0.717) is 18.2 Å². The van der Waals surface area contributed by atoms with Gasteiger partial charge in [0, 0.05) is 11.5 Å². The number of aromatic nitrogens is 2. The highest BCUT2D eigenvalue weighted by atomic mass is 16.5. The molecule has 96 valence electrons. The van der Waals surface area contributed by atoms with Gasteiger partial charge in [0.05, 0.1) is 12.5 Å². The third-order valence-electron chi connectivity index (χ3n) is 3.78. The van der Waals surface area contributed by atoms with Crippen molar-refractivity contribution in [3.8, 4) is 17.5 Å². The molecule has 1 aliphatic carbocycles. The van der Waals surface area contributed by atoms with Crippen LogP contribution in [0.3, 0.4) is 0 Å². The number of nitriles is 1. The number of hydrogen-bond donors (Lipinski definition) is 0. The van der Waals surface area contributed by atoms with Gasteiger partial charge in [0.25, 0.3) is 5.89 Å². The molecule has 1 heterocycles. The monoisotopic (exact) mass is 253 g/mol. The van der Waals surface area contributed by atoms with Crippen molar-refractivity contribution in [2.24, 2.45) is 5.41 Å². The van der Waals surface area contributed by atoms with Crippen LogP contribution >= 0.6 is 0 Å². The molecular formula is C15H15N3O. The molecule has 0 amide bonds. The van der Waals surface area contributed by atoms with Gasteiger partial charge in [0.1, 0.15) is 0 Å². The molecule has 1 aromatic heterocycles. The molecule has 2 aromatic rings. The van der Waals surface area contributed by atoms with Gasteiger partial charge in [-0.1, -0.05) is 37.2 Å². The minimum Gasteiger partial charge on any atom is -0.334 e. The summed E-state index contributed by atoms with van der Waals surface area (Å²) in [5, 5.41) is 12.9. The molecule has 19 heavy (non-hydrogen) atoms. The van der Waals surface area contributed by atoms with Gasteiger partial charge in [-0.2, -0.15) is 10.2 Å². The summed E-state index contributed by atoms with van der Waals surface area (Å²) >= 11 is 0. The van der Waals surface area contributed by atoms with E-state index in [0.717, 1.165) is 23.4 Å². The highest BCUT2D eigenvalue weighted by molar-refractivity contribution is 5.59. The SMILES string of the molecule is CC1(C)CC1c1noc(-c2ccccc2CC#N)n1. The minimum atomic E-state index is 0.285. The van der Waals surface area contributed by atoms with E-state index < -0.39 is 0 Å². The number of rotatable bonds is 3. The zero-order chi connectivity index (χ0) is 13.5. The van der Waals surface area contributed by atoms with E-state index >= 15 is 0 Å². The lowest BCUT2D eigenvalue weighted by Gasteiger charge is -2.00. The van der Waals surface area contributed by atoms with E-state index in [1.807, 2.05) is 24.3 Å². The summed E-state index contributed by atoms with van der Waals surface area (Å²) in [6.07, 6.45) is 1.45. The molecule has 0 bridgehead atoms. The fourth-order valence-electron chi connectivity index (χ4n) is 2.36. The third-order valence-corrected chi connectivity index (χ3v) is 3.78. The van der Waals surface area contributed by atoms with Crippen LogP contribution in [0.4, 0.5) is 0 Å². The predicted octanol–water partition coefficient (Wildman–Crippen LogP) is 3.32. The number of hydrogen-bond acceptors (Lipinski definition) is 4. The van der Waals surface area contributed by atoms with Gasteiger partial charge < -0.3 is 4.52 Å². The molecule has 0 N–H and O–H groups in total. The number of benzene rings is 1. The molecule has 4 nitrogen and oxygen atoms in total. The van der Waals surface area contributed by atoms with Crippen molar-refractivity contribution in [3.05, 3.63) is 35.7 Å². The normalized spacial score (nSPS) is 19.9. The van der Waals surface area contributed by atoms with Crippen LogP contribution in [0, 0.1) is 16.7 Å². The first kappa shape index (κ1) is 11.9. The number of nitrogens with zero attached hydrogens (tertiary/aromatic N) is 3. The maximum atomic E-state index is 8.85. The first-order valence-electron chi connectivity index (χ1n) is 6.40. The second-order valence-corrected chi connectivity index (χ2v) is 5.70. The smallest absolute Gasteiger partial charge is 0.258 e. The fraction of sp³-hybridized carbons (Fsp3) is 0.400. The van der Waals surface area contributed by atoms with E-state index in [2.05, 4.69) is 30.1 Å². The summed E-state index contributed by atoms with van der Waals surface area (Å²) in [4.78, 5) is 4.49. The molecule has 1 aromatic carbocycles. The van der Waals surface area contributed by atoms with Crippen molar-refractivity contribution in [3.63, 3.8) is 0 Å². The lowest BCUT2D eigenvalue weighted by molar-refractivity contribution is 0.419. The molecule has 1 aliphatic rings. The van der Waals surface area contributed by atoms with Crippen molar-refractivity contribution < 1.29 is 4.52 Å².